The Morgan fingerprint density at radius 1 is 1.08 bits per heavy atom. The molecule has 1 atom stereocenters. The summed E-state index contributed by atoms with van der Waals surface area (Å²) < 4.78 is 5.22. The molecule has 1 heterocycles. The fourth-order valence-electron chi connectivity index (χ4n) is 2.93. The molecule has 0 radical (unpaired) electrons. The average molecular weight is 348 g/mol. The largest absolute Gasteiger partial charge is 0.497 e. The van der Waals surface area contributed by atoms with Crippen LogP contribution >= 0.6 is 0 Å². The van der Waals surface area contributed by atoms with E-state index >= 15 is 0 Å². The maximum Gasteiger partial charge on any atom is 0.309 e. The molecule has 0 aliphatic carbocycles. The molecule has 2 N–H and O–H groups in total. The van der Waals surface area contributed by atoms with Crippen LogP contribution in [0.5, 0.6) is 5.75 Å². The molecule has 1 aliphatic heterocycles. The van der Waals surface area contributed by atoms with Gasteiger partial charge < -0.3 is 20.3 Å². The molecule has 1 aromatic rings. The molecule has 0 aromatic heterocycles. The summed E-state index contributed by atoms with van der Waals surface area (Å²) in [4.78, 5) is 28.2. The molecule has 2 amide bonds. The summed E-state index contributed by atoms with van der Waals surface area (Å²) >= 11 is 0. The Bertz CT molecular complexity index is 568. The maximum absolute atomic E-state index is 11.9. The lowest BCUT2D eigenvalue weighted by atomic mass is 10.0. The van der Waals surface area contributed by atoms with E-state index in [9.17, 15) is 9.59 Å². The number of hydrogen-bond donors (Lipinski definition) is 2. The van der Waals surface area contributed by atoms with Gasteiger partial charge in [-0.15, -0.1) is 0 Å². The van der Waals surface area contributed by atoms with Gasteiger partial charge in [-0.1, -0.05) is 12.1 Å². The highest BCUT2D eigenvalue weighted by atomic mass is 16.5. The van der Waals surface area contributed by atoms with E-state index in [2.05, 4.69) is 27.5 Å². The summed E-state index contributed by atoms with van der Waals surface area (Å²) in [6.45, 7) is 6.43. The number of methoxy groups -OCH3 is 1. The Kier molecular flexibility index (Phi) is 7.21. The molecule has 0 spiro atoms. The number of piperazine rings is 1. The number of carbonyl (C=O) groups excluding carboxylic acids is 2. The zero-order valence-electron chi connectivity index (χ0n) is 15.2. The Hall–Kier alpha value is -2.12. The maximum atomic E-state index is 11.9. The van der Waals surface area contributed by atoms with Gasteiger partial charge in [-0.05, 0) is 31.7 Å². The lowest BCUT2D eigenvalue weighted by molar-refractivity contribution is -0.139. The number of nitrogens with zero attached hydrogens (tertiary/aromatic N) is 2. The molecule has 1 aromatic carbocycles. The number of carbonyl (C=O) groups is 2. The predicted molar refractivity (Wildman–Crippen MR) is 96.5 cm³/mol. The van der Waals surface area contributed by atoms with Crippen LogP contribution in [0, 0.1) is 0 Å². The number of hydrogen-bond acceptors (Lipinski definition) is 5. The van der Waals surface area contributed by atoms with Crippen molar-refractivity contribution in [1.29, 1.82) is 0 Å². The lowest BCUT2D eigenvalue weighted by Gasteiger charge is -2.38. The molecular formula is C18H28N4O3. The van der Waals surface area contributed by atoms with Crippen molar-refractivity contribution in [2.75, 3.05) is 53.4 Å². The molecule has 1 aliphatic rings. The first-order valence-electron chi connectivity index (χ1n) is 8.67. The number of benzene rings is 1. The van der Waals surface area contributed by atoms with E-state index < -0.39 is 11.8 Å². The second-order valence-corrected chi connectivity index (χ2v) is 6.20. The molecule has 7 nitrogen and oxygen atoms in total. The van der Waals surface area contributed by atoms with Crippen LogP contribution in [-0.2, 0) is 9.59 Å². The Morgan fingerprint density at radius 2 is 1.68 bits per heavy atom. The van der Waals surface area contributed by atoms with Gasteiger partial charge in [0.1, 0.15) is 5.75 Å². The molecule has 2 rings (SSSR count). The highest BCUT2D eigenvalue weighted by molar-refractivity contribution is 6.35. The molecular weight excluding hydrogens is 320 g/mol. The van der Waals surface area contributed by atoms with Gasteiger partial charge in [0.25, 0.3) is 0 Å². The van der Waals surface area contributed by atoms with E-state index in [1.165, 1.54) is 0 Å². The zero-order chi connectivity index (χ0) is 18.2. The van der Waals surface area contributed by atoms with Crippen LogP contribution in [0.4, 0.5) is 0 Å². The topological polar surface area (TPSA) is 73.9 Å². The molecule has 1 fully saturated rings. The minimum Gasteiger partial charge on any atom is -0.497 e. The van der Waals surface area contributed by atoms with E-state index in [1.807, 2.05) is 24.3 Å². The average Bonchev–Trinajstić information content (AvgIpc) is 2.63. The molecule has 138 valence electrons. The number of ether oxygens (including phenoxy) is 1. The highest BCUT2D eigenvalue weighted by Gasteiger charge is 2.25. The quantitative estimate of drug-likeness (QED) is 0.721. The highest BCUT2D eigenvalue weighted by Crippen LogP contribution is 2.23. The number of rotatable bonds is 6. The van der Waals surface area contributed by atoms with E-state index in [1.54, 1.807) is 14.0 Å². The van der Waals surface area contributed by atoms with E-state index in [-0.39, 0.29) is 6.04 Å². The fourth-order valence-corrected chi connectivity index (χ4v) is 2.93. The number of nitrogens with one attached hydrogen (secondary N) is 2. The number of amides is 2. The van der Waals surface area contributed by atoms with Gasteiger partial charge in [-0.25, -0.2) is 0 Å². The van der Waals surface area contributed by atoms with E-state index in [0.717, 1.165) is 37.5 Å². The first-order chi connectivity index (χ1) is 12.0. The van der Waals surface area contributed by atoms with Crippen LogP contribution in [0.2, 0.25) is 0 Å². The molecule has 1 unspecified atom stereocenters. The van der Waals surface area contributed by atoms with Gasteiger partial charge in [-0.3, -0.25) is 14.5 Å². The summed E-state index contributed by atoms with van der Waals surface area (Å²) in [6, 6.07) is 7.90. The third kappa shape index (κ3) is 5.44. The Balaban J connectivity index is 2.08. The van der Waals surface area contributed by atoms with Crippen LogP contribution < -0.4 is 15.4 Å². The van der Waals surface area contributed by atoms with Crippen molar-refractivity contribution < 1.29 is 14.3 Å². The molecule has 0 bridgehead atoms. The van der Waals surface area contributed by atoms with Gasteiger partial charge in [0.2, 0.25) is 0 Å². The van der Waals surface area contributed by atoms with Crippen molar-refractivity contribution in [1.82, 2.24) is 20.4 Å². The lowest BCUT2D eigenvalue weighted by Crippen LogP contribution is -2.49. The first-order valence-corrected chi connectivity index (χ1v) is 8.67. The summed E-state index contributed by atoms with van der Waals surface area (Å²) in [7, 11) is 3.75. The summed E-state index contributed by atoms with van der Waals surface area (Å²) in [6.07, 6.45) is 0. The van der Waals surface area contributed by atoms with Crippen molar-refractivity contribution in [3.8, 4) is 5.75 Å². The normalized spacial score (nSPS) is 16.9. The molecule has 25 heavy (non-hydrogen) atoms. The van der Waals surface area contributed by atoms with Gasteiger partial charge in [0.05, 0.1) is 13.2 Å². The smallest absolute Gasteiger partial charge is 0.309 e. The van der Waals surface area contributed by atoms with Gasteiger partial charge in [0, 0.05) is 39.3 Å². The zero-order valence-corrected chi connectivity index (χ0v) is 15.2. The van der Waals surface area contributed by atoms with E-state index in [0.29, 0.717) is 13.1 Å². The SMILES string of the molecule is CCNC(=O)C(=O)NCC(c1ccc(OC)cc1)N1CCN(C)CC1. The Morgan fingerprint density at radius 3 is 2.24 bits per heavy atom. The summed E-state index contributed by atoms with van der Waals surface area (Å²) in [5.41, 5.74) is 1.10. The summed E-state index contributed by atoms with van der Waals surface area (Å²) in [5.74, 6) is -0.379. The third-order valence-corrected chi connectivity index (χ3v) is 4.48. The van der Waals surface area contributed by atoms with Crippen LogP contribution in [0.25, 0.3) is 0 Å². The van der Waals surface area contributed by atoms with Gasteiger partial charge in [0.15, 0.2) is 0 Å². The van der Waals surface area contributed by atoms with Gasteiger partial charge >= 0.3 is 11.8 Å². The van der Waals surface area contributed by atoms with Crippen molar-refractivity contribution in [2.24, 2.45) is 0 Å². The third-order valence-electron chi connectivity index (χ3n) is 4.48. The monoisotopic (exact) mass is 348 g/mol. The second kappa shape index (κ2) is 9.39. The predicted octanol–water partition coefficient (Wildman–Crippen LogP) is 0.236. The second-order valence-electron chi connectivity index (χ2n) is 6.20. The van der Waals surface area contributed by atoms with Crippen LogP contribution in [0.3, 0.4) is 0 Å². The van der Waals surface area contributed by atoms with Gasteiger partial charge in [-0.2, -0.15) is 0 Å². The van der Waals surface area contributed by atoms with Crippen LogP contribution in [-0.4, -0.2) is 75.0 Å². The molecule has 0 saturated carbocycles. The van der Waals surface area contributed by atoms with Crippen LogP contribution in [0.15, 0.2) is 24.3 Å². The molecule has 1 saturated heterocycles. The van der Waals surface area contributed by atoms with Crippen molar-refractivity contribution in [3.05, 3.63) is 29.8 Å². The van der Waals surface area contributed by atoms with Crippen molar-refractivity contribution in [2.45, 2.75) is 13.0 Å². The molecule has 7 heteroatoms. The minimum atomic E-state index is -0.589. The van der Waals surface area contributed by atoms with Crippen molar-refractivity contribution >= 4 is 11.8 Å². The first kappa shape index (κ1) is 19.2. The number of likely N-dealkylation sites (N-methyl/N-ethyl adjacent to an activating group) is 2. The fraction of sp³-hybridized carbons (Fsp3) is 0.556. The van der Waals surface area contributed by atoms with Crippen LogP contribution in [0.1, 0.15) is 18.5 Å². The Labute approximate surface area is 149 Å². The van der Waals surface area contributed by atoms with E-state index in [4.69, 9.17) is 4.74 Å². The minimum absolute atomic E-state index is 0.0259. The summed E-state index contributed by atoms with van der Waals surface area (Å²) in [5, 5.41) is 5.29. The standard InChI is InChI=1S/C18H28N4O3/c1-4-19-17(23)18(24)20-13-16(22-11-9-21(2)10-12-22)14-5-7-15(25-3)8-6-14/h5-8,16H,4,9-13H2,1-3H3,(H,19,23)(H,20,24). The van der Waals surface area contributed by atoms with Crippen molar-refractivity contribution in [3.63, 3.8) is 0 Å².